The lowest BCUT2D eigenvalue weighted by atomic mass is 10.2. The predicted octanol–water partition coefficient (Wildman–Crippen LogP) is 3.91. The van der Waals surface area contributed by atoms with E-state index in [4.69, 9.17) is 0 Å². The molecule has 0 aliphatic carbocycles. The zero-order valence-corrected chi connectivity index (χ0v) is 14.2. The van der Waals surface area contributed by atoms with E-state index in [0.29, 0.717) is 11.6 Å². The van der Waals surface area contributed by atoms with Crippen LogP contribution in [0.1, 0.15) is 18.9 Å². The number of carbonyl (C=O) groups is 1. The van der Waals surface area contributed by atoms with Gasteiger partial charge >= 0.3 is 0 Å². The van der Waals surface area contributed by atoms with E-state index in [9.17, 15) is 4.79 Å². The first-order valence-corrected chi connectivity index (χ1v) is 9.61. The molecule has 0 atom stereocenters. The van der Waals surface area contributed by atoms with Crippen LogP contribution in [0.15, 0.2) is 34.7 Å². The molecule has 1 amide bonds. The van der Waals surface area contributed by atoms with Crippen LogP contribution in [0.5, 0.6) is 0 Å². The van der Waals surface area contributed by atoms with Gasteiger partial charge in [0.25, 0.3) is 0 Å². The summed E-state index contributed by atoms with van der Waals surface area (Å²) in [6, 6.07) is 10.3. The van der Waals surface area contributed by atoms with Gasteiger partial charge < -0.3 is 5.32 Å². The molecule has 0 spiro atoms. The topological polar surface area (TPSA) is 54.9 Å². The van der Waals surface area contributed by atoms with Crippen molar-refractivity contribution in [2.24, 2.45) is 0 Å². The molecular formula is C14H17N3OS3. The molecule has 2 aromatic rings. The van der Waals surface area contributed by atoms with Crippen molar-refractivity contribution in [2.75, 3.05) is 16.8 Å². The van der Waals surface area contributed by atoms with E-state index in [-0.39, 0.29) is 5.91 Å². The number of thioether (sulfide) groups is 2. The molecule has 2 rings (SSSR count). The fourth-order valence-corrected chi connectivity index (χ4v) is 4.12. The molecule has 0 saturated carbocycles. The smallest absolute Gasteiger partial charge is 0.227 e. The molecule has 1 aromatic carbocycles. The Balaban J connectivity index is 1.65. The Labute approximate surface area is 137 Å². The number of amides is 1. The van der Waals surface area contributed by atoms with Crippen LogP contribution in [-0.2, 0) is 10.5 Å². The van der Waals surface area contributed by atoms with Crippen LogP contribution in [0.2, 0.25) is 0 Å². The number of benzene rings is 1. The predicted molar refractivity (Wildman–Crippen MR) is 92.2 cm³/mol. The highest BCUT2D eigenvalue weighted by molar-refractivity contribution is 8.01. The summed E-state index contributed by atoms with van der Waals surface area (Å²) in [5.74, 6) is 2.69. The van der Waals surface area contributed by atoms with Crippen molar-refractivity contribution in [1.82, 2.24) is 10.2 Å². The fraction of sp³-hybridized carbons (Fsp3) is 0.357. The van der Waals surface area contributed by atoms with Gasteiger partial charge in [0.15, 0.2) is 4.34 Å². The number of anilines is 1. The molecule has 21 heavy (non-hydrogen) atoms. The van der Waals surface area contributed by atoms with Crippen molar-refractivity contribution in [3.05, 3.63) is 35.9 Å². The number of nitrogens with one attached hydrogen (secondary N) is 1. The highest BCUT2D eigenvalue weighted by Gasteiger charge is 2.08. The van der Waals surface area contributed by atoms with Crippen molar-refractivity contribution >= 4 is 45.9 Å². The van der Waals surface area contributed by atoms with Gasteiger partial charge in [-0.15, -0.1) is 10.2 Å². The van der Waals surface area contributed by atoms with Gasteiger partial charge in [0.2, 0.25) is 11.0 Å². The largest absolute Gasteiger partial charge is 0.300 e. The van der Waals surface area contributed by atoms with Gasteiger partial charge in [-0.3, -0.25) is 4.79 Å². The van der Waals surface area contributed by atoms with Gasteiger partial charge in [0.05, 0.1) is 0 Å². The molecule has 0 aliphatic rings. The molecule has 1 N–H and O–H groups in total. The summed E-state index contributed by atoms with van der Waals surface area (Å²) in [5, 5.41) is 11.4. The minimum atomic E-state index is -0.000222. The molecular weight excluding hydrogens is 322 g/mol. The molecule has 112 valence electrons. The normalized spacial score (nSPS) is 10.5. The summed E-state index contributed by atoms with van der Waals surface area (Å²) in [7, 11) is 0. The van der Waals surface area contributed by atoms with Gasteiger partial charge in [0.1, 0.15) is 0 Å². The van der Waals surface area contributed by atoms with Gasteiger partial charge in [-0.25, -0.2) is 0 Å². The van der Waals surface area contributed by atoms with Crippen LogP contribution < -0.4 is 5.32 Å². The molecule has 0 bridgehead atoms. The lowest BCUT2D eigenvalue weighted by Crippen LogP contribution is -2.12. The first kappa shape index (κ1) is 16.3. The average molecular weight is 340 g/mol. The third kappa shape index (κ3) is 6.07. The number of hydrogen-bond donors (Lipinski definition) is 1. The molecule has 7 heteroatoms. The van der Waals surface area contributed by atoms with Crippen LogP contribution >= 0.6 is 34.9 Å². The molecule has 0 fully saturated rings. The molecule has 1 aromatic heterocycles. The fourth-order valence-electron chi connectivity index (χ4n) is 1.55. The van der Waals surface area contributed by atoms with E-state index in [1.165, 1.54) is 16.9 Å². The van der Waals surface area contributed by atoms with Crippen molar-refractivity contribution in [1.29, 1.82) is 0 Å². The Morgan fingerprint density at radius 3 is 2.86 bits per heavy atom. The summed E-state index contributed by atoms with van der Waals surface area (Å²) < 4.78 is 0.895. The van der Waals surface area contributed by atoms with Crippen LogP contribution in [0.3, 0.4) is 0 Å². The van der Waals surface area contributed by atoms with E-state index < -0.39 is 0 Å². The quantitative estimate of drug-likeness (QED) is 0.449. The minimum absolute atomic E-state index is 0.000222. The molecule has 4 nitrogen and oxygen atoms in total. The van der Waals surface area contributed by atoms with E-state index in [2.05, 4.69) is 34.6 Å². The number of hydrogen-bond acceptors (Lipinski definition) is 6. The molecule has 0 aliphatic heterocycles. The standard InChI is InChI=1S/C14H17N3OS3/c1-2-20-14-17-16-13(21-14)15-12(18)8-9-19-10-11-6-4-3-5-7-11/h3-7H,2,8-10H2,1H3,(H,15,16,18). The summed E-state index contributed by atoms with van der Waals surface area (Å²) in [6.45, 7) is 2.06. The summed E-state index contributed by atoms with van der Waals surface area (Å²) in [5.41, 5.74) is 1.29. The number of carbonyl (C=O) groups excluding carboxylic acids is 1. The van der Waals surface area contributed by atoms with E-state index in [0.717, 1.165) is 21.6 Å². The Morgan fingerprint density at radius 2 is 2.10 bits per heavy atom. The van der Waals surface area contributed by atoms with Crippen molar-refractivity contribution in [2.45, 2.75) is 23.4 Å². The van der Waals surface area contributed by atoms with Crippen molar-refractivity contribution in [3.63, 3.8) is 0 Å². The third-order valence-corrected chi connectivity index (χ3v) is 5.39. The van der Waals surface area contributed by atoms with Gasteiger partial charge in [-0.2, -0.15) is 11.8 Å². The van der Waals surface area contributed by atoms with Crippen LogP contribution in [0.4, 0.5) is 5.13 Å². The van der Waals surface area contributed by atoms with Gasteiger partial charge in [-0.05, 0) is 11.3 Å². The molecule has 0 saturated heterocycles. The third-order valence-electron chi connectivity index (χ3n) is 2.51. The maximum atomic E-state index is 11.8. The number of nitrogens with zero attached hydrogens (tertiary/aromatic N) is 2. The lowest BCUT2D eigenvalue weighted by Gasteiger charge is -2.02. The second-order valence-electron chi connectivity index (χ2n) is 4.14. The zero-order chi connectivity index (χ0) is 14.9. The molecule has 0 radical (unpaired) electrons. The molecule has 1 heterocycles. The average Bonchev–Trinajstić information content (AvgIpc) is 2.92. The minimum Gasteiger partial charge on any atom is -0.300 e. The van der Waals surface area contributed by atoms with Crippen LogP contribution in [0.25, 0.3) is 0 Å². The Morgan fingerprint density at radius 1 is 1.29 bits per heavy atom. The second-order valence-corrected chi connectivity index (χ2v) is 7.74. The van der Waals surface area contributed by atoms with E-state index >= 15 is 0 Å². The number of rotatable bonds is 8. The second kappa shape index (κ2) is 9.07. The monoisotopic (exact) mass is 339 g/mol. The first-order chi connectivity index (χ1) is 10.3. The SMILES string of the molecule is CCSc1nnc(NC(=O)CCSCc2ccccc2)s1. The highest BCUT2D eigenvalue weighted by Crippen LogP contribution is 2.25. The Bertz CT molecular complexity index is 560. The Kier molecular flexibility index (Phi) is 7.05. The zero-order valence-electron chi connectivity index (χ0n) is 11.7. The van der Waals surface area contributed by atoms with Crippen molar-refractivity contribution < 1.29 is 4.79 Å². The van der Waals surface area contributed by atoms with Crippen molar-refractivity contribution in [3.8, 4) is 0 Å². The highest BCUT2D eigenvalue weighted by atomic mass is 32.2. The van der Waals surface area contributed by atoms with Crippen LogP contribution in [0, 0.1) is 0 Å². The first-order valence-electron chi connectivity index (χ1n) is 6.65. The van der Waals surface area contributed by atoms with Gasteiger partial charge in [0, 0.05) is 17.9 Å². The number of aromatic nitrogens is 2. The maximum Gasteiger partial charge on any atom is 0.227 e. The van der Waals surface area contributed by atoms with Crippen LogP contribution in [-0.4, -0.2) is 27.6 Å². The molecule has 0 unspecified atom stereocenters. The summed E-state index contributed by atoms with van der Waals surface area (Å²) in [4.78, 5) is 11.8. The maximum absolute atomic E-state index is 11.8. The van der Waals surface area contributed by atoms with E-state index in [1.807, 2.05) is 18.2 Å². The van der Waals surface area contributed by atoms with Gasteiger partial charge in [-0.1, -0.05) is 60.4 Å². The lowest BCUT2D eigenvalue weighted by molar-refractivity contribution is -0.115. The Hall–Kier alpha value is -1.05. The van der Waals surface area contributed by atoms with E-state index in [1.54, 1.807) is 23.5 Å². The summed E-state index contributed by atoms with van der Waals surface area (Å²) in [6.07, 6.45) is 0.493. The summed E-state index contributed by atoms with van der Waals surface area (Å²) >= 11 is 4.82.